The molecule has 2 unspecified atom stereocenters. The van der Waals surface area contributed by atoms with Crippen molar-refractivity contribution in [2.75, 3.05) is 13.1 Å². The molecule has 1 aromatic rings. The summed E-state index contributed by atoms with van der Waals surface area (Å²) in [6, 6.07) is 10.2. The van der Waals surface area contributed by atoms with Gasteiger partial charge in [0.25, 0.3) is 0 Å². The molecule has 1 aliphatic rings. The first-order valence-electron chi connectivity index (χ1n) is 6.29. The van der Waals surface area contributed by atoms with Gasteiger partial charge in [-0.05, 0) is 31.0 Å². The van der Waals surface area contributed by atoms with Gasteiger partial charge in [0.05, 0.1) is 6.42 Å². The Morgan fingerprint density at radius 1 is 1.41 bits per heavy atom. The summed E-state index contributed by atoms with van der Waals surface area (Å²) >= 11 is 0. The molecule has 0 radical (unpaired) electrons. The van der Waals surface area contributed by atoms with Crippen LogP contribution in [0.3, 0.4) is 0 Å². The molecule has 1 amide bonds. The van der Waals surface area contributed by atoms with E-state index >= 15 is 0 Å². The highest BCUT2D eigenvalue weighted by atomic mass is 16.1. The summed E-state index contributed by atoms with van der Waals surface area (Å²) in [6.45, 7) is 4.18. The monoisotopic (exact) mass is 232 g/mol. The number of nitrogens with one attached hydrogen (secondary N) is 2. The van der Waals surface area contributed by atoms with E-state index in [9.17, 15) is 4.79 Å². The minimum absolute atomic E-state index is 0.134. The maximum atomic E-state index is 11.9. The first-order chi connectivity index (χ1) is 8.25. The van der Waals surface area contributed by atoms with E-state index < -0.39 is 0 Å². The summed E-state index contributed by atoms with van der Waals surface area (Å²) in [7, 11) is 0. The second kappa shape index (κ2) is 5.82. The SMILES string of the molecule is CC1CNCCC1NC(=O)Cc1ccccc1. The smallest absolute Gasteiger partial charge is 0.224 e. The molecule has 0 bridgehead atoms. The van der Waals surface area contributed by atoms with Gasteiger partial charge in [0.15, 0.2) is 0 Å². The van der Waals surface area contributed by atoms with Crippen LogP contribution < -0.4 is 10.6 Å². The third-order valence-electron chi connectivity index (χ3n) is 3.34. The Balaban J connectivity index is 1.84. The number of hydrogen-bond acceptors (Lipinski definition) is 2. The number of amides is 1. The highest BCUT2D eigenvalue weighted by molar-refractivity contribution is 5.78. The predicted molar refractivity (Wildman–Crippen MR) is 68.7 cm³/mol. The second-order valence-electron chi connectivity index (χ2n) is 4.81. The lowest BCUT2D eigenvalue weighted by Crippen LogP contribution is -2.48. The first-order valence-corrected chi connectivity index (χ1v) is 6.29. The highest BCUT2D eigenvalue weighted by Gasteiger charge is 2.22. The molecule has 1 fully saturated rings. The van der Waals surface area contributed by atoms with Gasteiger partial charge in [-0.1, -0.05) is 37.3 Å². The van der Waals surface area contributed by atoms with Crippen molar-refractivity contribution < 1.29 is 4.79 Å². The summed E-state index contributed by atoms with van der Waals surface area (Å²) < 4.78 is 0. The zero-order valence-corrected chi connectivity index (χ0v) is 10.3. The van der Waals surface area contributed by atoms with Crippen LogP contribution in [0.15, 0.2) is 30.3 Å². The Labute approximate surface area is 103 Å². The van der Waals surface area contributed by atoms with Crippen molar-refractivity contribution in [3.63, 3.8) is 0 Å². The van der Waals surface area contributed by atoms with E-state index in [0.717, 1.165) is 25.1 Å². The van der Waals surface area contributed by atoms with Crippen molar-refractivity contribution in [1.82, 2.24) is 10.6 Å². The first kappa shape index (κ1) is 12.1. The fourth-order valence-electron chi connectivity index (χ4n) is 2.27. The van der Waals surface area contributed by atoms with Crippen LogP contribution in [0.4, 0.5) is 0 Å². The molecular formula is C14H20N2O. The molecule has 2 atom stereocenters. The Kier molecular flexibility index (Phi) is 4.15. The van der Waals surface area contributed by atoms with Crippen LogP contribution in [-0.4, -0.2) is 25.0 Å². The van der Waals surface area contributed by atoms with Crippen molar-refractivity contribution in [1.29, 1.82) is 0 Å². The Hall–Kier alpha value is -1.35. The molecule has 17 heavy (non-hydrogen) atoms. The van der Waals surface area contributed by atoms with Crippen molar-refractivity contribution in [2.24, 2.45) is 5.92 Å². The van der Waals surface area contributed by atoms with Gasteiger partial charge in [0.1, 0.15) is 0 Å². The molecule has 1 aliphatic heterocycles. The fourth-order valence-corrected chi connectivity index (χ4v) is 2.27. The van der Waals surface area contributed by atoms with E-state index in [1.54, 1.807) is 0 Å². The number of piperidine rings is 1. The maximum absolute atomic E-state index is 11.9. The van der Waals surface area contributed by atoms with Gasteiger partial charge in [-0.25, -0.2) is 0 Å². The lowest BCUT2D eigenvalue weighted by atomic mass is 9.95. The van der Waals surface area contributed by atoms with Gasteiger partial charge in [-0.15, -0.1) is 0 Å². The van der Waals surface area contributed by atoms with Crippen LogP contribution >= 0.6 is 0 Å². The number of hydrogen-bond donors (Lipinski definition) is 2. The Morgan fingerprint density at radius 3 is 2.88 bits per heavy atom. The highest BCUT2D eigenvalue weighted by Crippen LogP contribution is 2.10. The van der Waals surface area contributed by atoms with Crippen LogP contribution in [-0.2, 0) is 11.2 Å². The quantitative estimate of drug-likeness (QED) is 0.826. The summed E-state index contributed by atoms with van der Waals surface area (Å²) in [6.07, 6.45) is 1.51. The molecule has 1 saturated heterocycles. The van der Waals surface area contributed by atoms with Crippen molar-refractivity contribution in [3.8, 4) is 0 Å². The second-order valence-corrected chi connectivity index (χ2v) is 4.81. The van der Waals surface area contributed by atoms with Crippen molar-refractivity contribution in [2.45, 2.75) is 25.8 Å². The molecule has 1 heterocycles. The molecule has 92 valence electrons. The molecule has 2 rings (SSSR count). The number of rotatable bonds is 3. The van der Waals surface area contributed by atoms with Gasteiger partial charge in [0, 0.05) is 6.04 Å². The van der Waals surface area contributed by atoms with E-state index in [2.05, 4.69) is 17.6 Å². The van der Waals surface area contributed by atoms with Crippen LogP contribution in [0.25, 0.3) is 0 Å². The van der Waals surface area contributed by atoms with E-state index in [0.29, 0.717) is 18.4 Å². The van der Waals surface area contributed by atoms with Crippen LogP contribution in [0.1, 0.15) is 18.9 Å². The molecule has 0 spiro atoms. The summed E-state index contributed by atoms with van der Waals surface area (Å²) in [4.78, 5) is 11.9. The van der Waals surface area contributed by atoms with Crippen molar-refractivity contribution in [3.05, 3.63) is 35.9 Å². The van der Waals surface area contributed by atoms with Crippen LogP contribution in [0, 0.1) is 5.92 Å². The molecule has 2 N–H and O–H groups in total. The topological polar surface area (TPSA) is 41.1 Å². The lowest BCUT2D eigenvalue weighted by Gasteiger charge is -2.30. The van der Waals surface area contributed by atoms with E-state index in [1.165, 1.54) is 0 Å². The van der Waals surface area contributed by atoms with E-state index in [-0.39, 0.29) is 5.91 Å². The minimum atomic E-state index is 0.134. The van der Waals surface area contributed by atoms with Gasteiger partial charge in [0.2, 0.25) is 5.91 Å². The Morgan fingerprint density at radius 2 is 2.18 bits per heavy atom. The molecule has 3 heteroatoms. The van der Waals surface area contributed by atoms with Gasteiger partial charge < -0.3 is 10.6 Å². The van der Waals surface area contributed by atoms with E-state index in [1.807, 2.05) is 30.3 Å². The lowest BCUT2D eigenvalue weighted by molar-refractivity contribution is -0.121. The minimum Gasteiger partial charge on any atom is -0.353 e. The van der Waals surface area contributed by atoms with Crippen molar-refractivity contribution >= 4 is 5.91 Å². The molecule has 0 aromatic heterocycles. The molecule has 3 nitrogen and oxygen atoms in total. The summed E-state index contributed by atoms with van der Waals surface area (Å²) in [5, 5.41) is 6.47. The normalized spacial score (nSPS) is 24.3. The maximum Gasteiger partial charge on any atom is 0.224 e. The zero-order valence-electron chi connectivity index (χ0n) is 10.3. The zero-order chi connectivity index (χ0) is 12.1. The van der Waals surface area contributed by atoms with Gasteiger partial charge in [-0.2, -0.15) is 0 Å². The number of carbonyl (C=O) groups excluding carboxylic acids is 1. The molecule has 0 saturated carbocycles. The fraction of sp³-hybridized carbons (Fsp3) is 0.500. The van der Waals surface area contributed by atoms with Gasteiger partial charge in [-0.3, -0.25) is 4.79 Å². The summed E-state index contributed by atoms with van der Waals surface area (Å²) in [5.74, 6) is 0.651. The molecule has 1 aromatic carbocycles. The largest absolute Gasteiger partial charge is 0.353 e. The third-order valence-corrected chi connectivity index (χ3v) is 3.34. The van der Waals surface area contributed by atoms with Crippen LogP contribution in [0.5, 0.6) is 0 Å². The van der Waals surface area contributed by atoms with Gasteiger partial charge >= 0.3 is 0 Å². The average Bonchev–Trinajstić information content (AvgIpc) is 2.33. The molecule has 0 aliphatic carbocycles. The number of carbonyl (C=O) groups is 1. The Bertz CT molecular complexity index is 364. The molecular weight excluding hydrogens is 212 g/mol. The van der Waals surface area contributed by atoms with E-state index in [4.69, 9.17) is 0 Å². The average molecular weight is 232 g/mol. The van der Waals surface area contributed by atoms with Crippen LogP contribution in [0.2, 0.25) is 0 Å². The number of benzene rings is 1. The standard InChI is InChI=1S/C14H20N2O/c1-11-10-15-8-7-13(11)16-14(17)9-12-5-3-2-4-6-12/h2-6,11,13,15H,7-10H2,1H3,(H,16,17). The summed E-state index contributed by atoms with van der Waals surface area (Å²) in [5.41, 5.74) is 1.08. The third kappa shape index (κ3) is 3.56. The predicted octanol–water partition coefficient (Wildman–Crippen LogP) is 1.34.